The van der Waals surface area contributed by atoms with Crippen LogP contribution in [0.15, 0.2) is 0 Å². The quantitative estimate of drug-likeness (QED) is 0.769. The molecule has 2 amide bonds. The standard InChI is InChI=1S/C15H26N2O4/c1-9(2)7-12(14(19)17(3)4)16-13(18)10-5-6-11(8-10)15(20)21/h9-12H,5-8H2,1-4H3,(H,16,18)(H,20,21)/t10-,11+,12?/m1/s1. The minimum atomic E-state index is -0.839. The Labute approximate surface area is 125 Å². The predicted octanol–water partition coefficient (Wildman–Crippen LogP) is 1.11. The molecule has 1 aliphatic carbocycles. The summed E-state index contributed by atoms with van der Waals surface area (Å²) in [6.07, 6.45) is 2.06. The lowest BCUT2D eigenvalue weighted by molar-refractivity contribution is -0.141. The fraction of sp³-hybridized carbons (Fsp3) is 0.800. The van der Waals surface area contributed by atoms with E-state index >= 15 is 0 Å². The highest BCUT2D eigenvalue weighted by Crippen LogP contribution is 2.31. The van der Waals surface area contributed by atoms with Crippen molar-refractivity contribution in [2.45, 2.75) is 45.6 Å². The van der Waals surface area contributed by atoms with Crippen molar-refractivity contribution in [1.82, 2.24) is 10.2 Å². The van der Waals surface area contributed by atoms with Crippen LogP contribution in [0.2, 0.25) is 0 Å². The molecule has 6 nitrogen and oxygen atoms in total. The number of likely N-dealkylation sites (N-methyl/N-ethyl adjacent to an activating group) is 1. The van der Waals surface area contributed by atoms with Gasteiger partial charge in [0.05, 0.1) is 5.92 Å². The second-order valence-electron chi connectivity index (χ2n) is 6.47. The Morgan fingerprint density at radius 2 is 1.76 bits per heavy atom. The van der Waals surface area contributed by atoms with E-state index in [-0.39, 0.29) is 23.7 Å². The third-order valence-corrected chi connectivity index (χ3v) is 3.92. The molecule has 1 aliphatic rings. The van der Waals surface area contributed by atoms with Gasteiger partial charge in [-0.15, -0.1) is 0 Å². The molecule has 1 saturated carbocycles. The second-order valence-corrected chi connectivity index (χ2v) is 6.47. The van der Waals surface area contributed by atoms with Crippen molar-refractivity contribution in [3.63, 3.8) is 0 Å². The van der Waals surface area contributed by atoms with Gasteiger partial charge in [-0.2, -0.15) is 0 Å². The minimum absolute atomic E-state index is 0.121. The number of nitrogens with zero attached hydrogens (tertiary/aromatic N) is 1. The topological polar surface area (TPSA) is 86.7 Å². The highest BCUT2D eigenvalue weighted by Gasteiger charge is 2.35. The monoisotopic (exact) mass is 298 g/mol. The number of aliphatic carboxylic acids is 1. The van der Waals surface area contributed by atoms with Gasteiger partial charge in [0.25, 0.3) is 0 Å². The summed E-state index contributed by atoms with van der Waals surface area (Å²) in [7, 11) is 3.33. The van der Waals surface area contributed by atoms with Crippen molar-refractivity contribution >= 4 is 17.8 Å². The van der Waals surface area contributed by atoms with Crippen molar-refractivity contribution in [2.75, 3.05) is 14.1 Å². The molecule has 6 heteroatoms. The van der Waals surface area contributed by atoms with Crippen LogP contribution in [0.25, 0.3) is 0 Å². The average molecular weight is 298 g/mol. The van der Waals surface area contributed by atoms with Gasteiger partial charge in [-0.1, -0.05) is 13.8 Å². The molecular formula is C15H26N2O4. The number of nitrogens with one attached hydrogen (secondary N) is 1. The van der Waals surface area contributed by atoms with Crippen LogP contribution >= 0.6 is 0 Å². The van der Waals surface area contributed by atoms with Gasteiger partial charge in [-0.25, -0.2) is 0 Å². The molecule has 0 heterocycles. The van der Waals surface area contributed by atoms with E-state index in [0.29, 0.717) is 25.7 Å². The molecule has 120 valence electrons. The fourth-order valence-corrected chi connectivity index (χ4v) is 2.74. The van der Waals surface area contributed by atoms with Gasteiger partial charge in [0, 0.05) is 20.0 Å². The third-order valence-electron chi connectivity index (χ3n) is 3.92. The third kappa shape index (κ3) is 5.02. The number of hydrogen-bond donors (Lipinski definition) is 2. The average Bonchev–Trinajstić information content (AvgIpc) is 2.86. The first-order valence-electron chi connectivity index (χ1n) is 7.46. The highest BCUT2D eigenvalue weighted by atomic mass is 16.4. The minimum Gasteiger partial charge on any atom is -0.481 e. The molecule has 0 saturated heterocycles. The van der Waals surface area contributed by atoms with E-state index in [1.54, 1.807) is 14.1 Å². The molecule has 3 atom stereocenters. The first kappa shape index (κ1) is 17.5. The number of carboxylic acid groups (broad SMARTS) is 1. The van der Waals surface area contributed by atoms with E-state index in [0.717, 1.165) is 0 Å². The molecule has 0 aromatic heterocycles. The smallest absolute Gasteiger partial charge is 0.306 e. The Bertz CT molecular complexity index is 406. The van der Waals surface area contributed by atoms with Crippen LogP contribution in [0.5, 0.6) is 0 Å². The lowest BCUT2D eigenvalue weighted by Crippen LogP contribution is -2.48. The summed E-state index contributed by atoms with van der Waals surface area (Å²) in [4.78, 5) is 36.8. The number of carbonyl (C=O) groups excluding carboxylic acids is 2. The molecule has 0 bridgehead atoms. The van der Waals surface area contributed by atoms with Gasteiger partial charge in [-0.05, 0) is 31.6 Å². The lowest BCUT2D eigenvalue weighted by Gasteiger charge is -2.24. The van der Waals surface area contributed by atoms with Crippen molar-refractivity contribution < 1.29 is 19.5 Å². The van der Waals surface area contributed by atoms with E-state index in [1.807, 2.05) is 13.8 Å². The van der Waals surface area contributed by atoms with E-state index in [1.165, 1.54) is 4.90 Å². The van der Waals surface area contributed by atoms with E-state index in [2.05, 4.69) is 5.32 Å². The largest absolute Gasteiger partial charge is 0.481 e. The molecule has 21 heavy (non-hydrogen) atoms. The van der Waals surface area contributed by atoms with Crippen LogP contribution in [-0.4, -0.2) is 47.9 Å². The predicted molar refractivity (Wildman–Crippen MR) is 78.5 cm³/mol. The van der Waals surface area contributed by atoms with Crippen LogP contribution in [0.4, 0.5) is 0 Å². The van der Waals surface area contributed by atoms with Gasteiger partial charge in [-0.3, -0.25) is 14.4 Å². The van der Waals surface area contributed by atoms with Crippen molar-refractivity contribution in [3.8, 4) is 0 Å². The summed E-state index contributed by atoms with van der Waals surface area (Å²) >= 11 is 0. The Morgan fingerprint density at radius 3 is 2.19 bits per heavy atom. The SMILES string of the molecule is CC(C)CC(NC(=O)[C@@H]1CC[C@H](C(=O)O)C1)C(=O)N(C)C. The maximum atomic E-state index is 12.3. The number of amides is 2. The van der Waals surface area contributed by atoms with E-state index in [9.17, 15) is 14.4 Å². The number of hydrogen-bond acceptors (Lipinski definition) is 3. The van der Waals surface area contributed by atoms with Gasteiger partial charge in [0.2, 0.25) is 11.8 Å². The van der Waals surface area contributed by atoms with Crippen LogP contribution in [-0.2, 0) is 14.4 Å². The number of carboxylic acids is 1. The van der Waals surface area contributed by atoms with Crippen LogP contribution in [0, 0.1) is 17.8 Å². The van der Waals surface area contributed by atoms with Crippen LogP contribution in [0.3, 0.4) is 0 Å². The van der Waals surface area contributed by atoms with Crippen molar-refractivity contribution in [1.29, 1.82) is 0 Å². The summed E-state index contributed by atoms with van der Waals surface area (Å²) in [5.41, 5.74) is 0. The highest BCUT2D eigenvalue weighted by molar-refractivity contribution is 5.88. The molecule has 0 aromatic carbocycles. The number of rotatable bonds is 6. The Morgan fingerprint density at radius 1 is 1.19 bits per heavy atom. The van der Waals surface area contributed by atoms with E-state index < -0.39 is 17.9 Å². The molecular weight excluding hydrogens is 272 g/mol. The molecule has 2 N–H and O–H groups in total. The Kier molecular flexibility index (Phi) is 6.18. The van der Waals surface area contributed by atoms with Crippen molar-refractivity contribution in [2.24, 2.45) is 17.8 Å². The molecule has 0 spiro atoms. The lowest BCUT2D eigenvalue weighted by atomic mass is 10.00. The van der Waals surface area contributed by atoms with Gasteiger partial charge < -0.3 is 15.3 Å². The second kappa shape index (κ2) is 7.43. The van der Waals surface area contributed by atoms with Crippen molar-refractivity contribution in [3.05, 3.63) is 0 Å². The van der Waals surface area contributed by atoms with Crippen LogP contribution < -0.4 is 5.32 Å². The molecule has 0 aliphatic heterocycles. The molecule has 1 rings (SSSR count). The molecule has 0 aromatic rings. The van der Waals surface area contributed by atoms with Crippen LogP contribution in [0.1, 0.15) is 39.5 Å². The van der Waals surface area contributed by atoms with E-state index in [4.69, 9.17) is 5.11 Å². The maximum Gasteiger partial charge on any atom is 0.306 e. The summed E-state index contributed by atoms with van der Waals surface area (Å²) < 4.78 is 0. The van der Waals surface area contributed by atoms with Gasteiger partial charge in [0.15, 0.2) is 0 Å². The van der Waals surface area contributed by atoms with Gasteiger partial charge in [0.1, 0.15) is 6.04 Å². The molecule has 0 radical (unpaired) electrons. The summed E-state index contributed by atoms with van der Waals surface area (Å²) in [5, 5.41) is 11.8. The molecule has 1 fully saturated rings. The fourth-order valence-electron chi connectivity index (χ4n) is 2.74. The molecule has 1 unspecified atom stereocenters. The Balaban J connectivity index is 2.64. The summed E-state index contributed by atoms with van der Waals surface area (Å²) in [5.74, 6) is -1.60. The summed E-state index contributed by atoms with van der Waals surface area (Å²) in [6.45, 7) is 4.00. The first-order chi connectivity index (χ1) is 9.72. The first-order valence-corrected chi connectivity index (χ1v) is 7.46. The zero-order valence-electron chi connectivity index (χ0n) is 13.3. The maximum absolute atomic E-state index is 12.3. The zero-order valence-corrected chi connectivity index (χ0v) is 13.3. The normalized spacial score (nSPS) is 22.9. The zero-order chi connectivity index (χ0) is 16.2. The van der Waals surface area contributed by atoms with Gasteiger partial charge >= 0.3 is 5.97 Å². The Hall–Kier alpha value is -1.59. The number of carbonyl (C=O) groups is 3. The summed E-state index contributed by atoms with van der Waals surface area (Å²) in [6, 6.07) is -0.531.